The van der Waals surface area contributed by atoms with E-state index in [1.165, 1.54) is 0 Å². The molecule has 1 aliphatic rings. The number of amides is 4. The van der Waals surface area contributed by atoms with Crippen molar-refractivity contribution in [2.75, 3.05) is 26.2 Å². The molecule has 172 valence electrons. The molecule has 0 radical (unpaired) electrons. The van der Waals surface area contributed by atoms with Crippen LogP contribution >= 0.6 is 0 Å². The maximum Gasteiger partial charge on any atom is 0.408 e. The molecule has 4 amide bonds. The van der Waals surface area contributed by atoms with E-state index in [0.29, 0.717) is 25.9 Å². The van der Waals surface area contributed by atoms with Crippen LogP contribution in [0.5, 0.6) is 0 Å². The van der Waals surface area contributed by atoms with Crippen molar-refractivity contribution in [2.45, 2.75) is 78.0 Å². The first kappa shape index (κ1) is 25.5. The molecule has 10 nitrogen and oxygen atoms in total. The Morgan fingerprint density at radius 2 is 1.37 bits per heavy atom. The first-order valence-corrected chi connectivity index (χ1v) is 10.3. The van der Waals surface area contributed by atoms with Crippen LogP contribution in [0.25, 0.3) is 0 Å². The fourth-order valence-electron chi connectivity index (χ4n) is 2.76. The molecule has 0 unspecified atom stereocenters. The predicted molar refractivity (Wildman–Crippen MR) is 111 cm³/mol. The number of alkyl carbamates (subject to hydrolysis) is 2. The van der Waals surface area contributed by atoms with Crippen molar-refractivity contribution in [3.8, 4) is 0 Å². The Kier molecular flexibility index (Phi) is 9.38. The van der Waals surface area contributed by atoms with Crippen molar-refractivity contribution in [1.82, 2.24) is 20.9 Å². The van der Waals surface area contributed by atoms with E-state index in [0.717, 1.165) is 0 Å². The van der Waals surface area contributed by atoms with Crippen LogP contribution in [0.2, 0.25) is 0 Å². The predicted octanol–water partition coefficient (Wildman–Crippen LogP) is 1.53. The molecule has 1 heterocycles. The van der Waals surface area contributed by atoms with Gasteiger partial charge < -0.3 is 30.3 Å². The van der Waals surface area contributed by atoms with Gasteiger partial charge in [-0.1, -0.05) is 0 Å². The van der Waals surface area contributed by atoms with Crippen molar-refractivity contribution in [2.24, 2.45) is 0 Å². The molecule has 3 N–H and O–H groups in total. The SMILES string of the molecule is CC(C)(C)OC(=O)NCCC(=O)N1CCC(NC(=O)CNC(=O)OC(C)(C)C)CC1. The Morgan fingerprint density at radius 1 is 0.867 bits per heavy atom. The van der Waals surface area contributed by atoms with Crippen molar-refractivity contribution >= 4 is 24.0 Å². The van der Waals surface area contributed by atoms with Crippen LogP contribution in [0.1, 0.15) is 60.8 Å². The average molecular weight is 429 g/mol. The smallest absolute Gasteiger partial charge is 0.408 e. The van der Waals surface area contributed by atoms with Crippen molar-refractivity contribution in [3.05, 3.63) is 0 Å². The van der Waals surface area contributed by atoms with Crippen LogP contribution in [0.3, 0.4) is 0 Å². The first-order chi connectivity index (χ1) is 13.7. The van der Waals surface area contributed by atoms with Crippen molar-refractivity contribution < 1.29 is 28.7 Å². The molecule has 1 fully saturated rings. The van der Waals surface area contributed by atoms with Crippen LogP contribution < -0.4 is 16.0 Å². The molecule has 30 heavy (non-hydrogen) atoms. The van der Waals surface area contributed by atoms with Gasteiger partial charge in [-0.25, -0.2) is 9.59 Å². The molecule has 0 atom stereocenters. The third-order valence-electron chi connectivity index (χ3n) is 4.01. The summed E-state index contributed by atoms with van der Waals surface area (Å²) in [6.45, 7) is 11.6. The lowest BCUT2D eigenvalue weighted by molar-refractivity contribution is -0.132. The summed E-state index contributed by atoms with van der Waals surface area (Å²) in [4.78, 5) is 49.1. The molecule has 0 spiro atoms. The van der Waals surface area contributed by atoms with Gasteiger partial charge in [0.05, 0.1) is 0 Å². The molecule has 1 saturated heterocycles. The Labute approximate surface area is 178 Å². The molecule has 0 aliphatic carbocycles. The second-order valence-corrected chi connectivity index (χ2v) is 9.26. The van der Waals surface area contributed by atoms with Gasteiger partial charge in [-0.3, -0.25) is 9.59 Å². The topological polar surface area (TPSA) is 126 Å². The molecule has 1 aliphatic heterocycles. The summed E-state index contributed by atoms with van der Waals surface area (Å²) in [7, 11) is 0. The second-order valence-electron chi connectivity index (χ2n) is 9.26. The van der Waals surface area contributed by atoms with E-state index in [1.807, 2.05) is 0 Å². The number of carbonyl (C=O) groups is 4. The summed E-state index contributed by atoms with van der Waals surface area (Å²) in [6, 6.07) is -0.0538. The fraction of sp³-hybridized carbons (Fsp3) is 0.800. The van der Waals surface area contributed by atoms with E-state index in [9.17, 15) is 19.2 Å². The highest BCUT2D eigenvalue weighted by atomic mass is 16.6. The van der Waals surface area contributed by atoms with Gasteiger partial charge in [-0.15, -0.1) is 0 Å². The van der Waals surface area contributed by atoms with Crippen LogP contribution in [-0.2, 0) is 19.1 Å². The van der Waals surface area contributed by atoms with Crippen LogP contribution in [0.4, 0.5) is 9.59 Å². The lowest BCUT2D eigenvalue weighted by Crippen LogP contribution is -2.49. The van der Waals surface area contributed by atoms with Gasteiger partial charge in [0.25, 0.3) is 0 Å². The van der Waals surface area contributed by atoms with Gasteiger partial charge in [0.15, 0.2) is 0 Å². The van der Waals surface area contributed by atoms with Gasteiger partial charge in [0.1, 0.15) is 17.7 Å². The summed E-state index contributed by atoms with van der Waals surface area (Å²) < 4.78 is 10.2. The number of carbonyl (C=O) groups excluding carboxylic acids is 4. The molecule has 10 heteroatoms. The minimum absolute atomic E-state index is 0.0533. The highest BCUT2D eigenvalue weighted by Crippen LogP contribution is 2.12. The van der Waals surface area contributed by atoms with E-state index >= 15 is 0 Å². The molecule has 0 bridgehead atoms. The zero-order chi connectivity index (χ0) is 22.9. The van der Waals surface area contributed by atoms with E-state index < -0.39 is 23.4 Å². The summed E-state index contributed by atoms with van der Waals surface area (Å²) >= 11 is 0. The van der Waals surface area contributed by atoms with Crippen LogP contribution in [-0.4, -0.2) is 72.3 Å². The van der Waals surface area contributed by atoms with E-state index in [1.54, 1.807) is 46.4 Å². The number of likely N-dealkylation sites (tertiary alicyclic amines) is 1. The van der Waals surface area contributed by atoms with Crippen LogP contribution in [0.15, 0.2) is 0 Å². The molecule has 0 saturated carbocycles. The molecule has 0 aromatic rings. The van der Waals surface area contributed by atoms with Crippen LogP contribution in [0, 0.1) is 0 Å². The zero-order valence-electron chi connectivity index (χ0n) is 18.9. The second kappa shape index (κ2) is 11.0. The van der Waals surface area contributed by atoms with E-state index in [4.69, 9.17) is 9.47 Å². The molecule has 1 rings (SSSR count). The van der Waals surface area contributed by atoms with Crippen molar-refractivity contribution in [1.29, 1.82) is 0 Å². The lowest BCUT2D eigenvalue weighted by atomic mass is 10.0. The lowest BCUT2D eigenvalue weighted by Gasteiger charge is -2.32. The van der Waals surface area contributed by atoms with Gasteiger partial charge in [-0.05, 0) is 54.4 Å². The standard InChI is InChI=1S/C20H36N4O6/c1-19(2,3)29-17(27)21-10-7-16(26)24-11-8-14(9-12-24)23-15(25)13-22-18(28)30-20(4,5)6/h14H,7-13H2,1-6H3,(H,21,27)(H,22,28)(H,23,25). The number of nitrogens with zero attached hydrogens (tertiary/aromatic N) is 1. The highest BCUT2D eigenvalue weighted by Gasteiger charge is 2.24. The Morgan fingerprint density at radius 3 is 1.87 bits per heavy atom. The summed E-state index contributed by atoms with van der Waals surface area (Å²) in [6.07, 6.45) is 0.262. The highest BCUT2D eigenvalue weighted by molar-refractivity contribution is 5.82. The van der Waals surface area contributed by atoms with Gasteiger partial charge in [0, 0.05) is 32.1 Å². The van der Waals surface area contributed by atoms with Gasteiger partial charge in [0.2, 0.25) is 11.8 Å². The number of hydrogen-bond acceptors (Lipinski definition) is 6. The normalized spacial score (nSPS) is 15.2. The molecule has 0 aromatic carbocycles. The Bertz CT molecular complexity index is 616. The van der Waals surface area contributed by atoms with Gasteiger partial charge in [-0.2, -0.15) is 0 Å². The molecule has 0 aromatic heterocycles. The minimum atomic E-state index is -0.641. The molecular formula is C20H36N4O6. The van der Waals surface area contributed by atoms with E-state index in [-0.39, 0.29) is 37.4 Å². The minimum Gasteiger partial charge on any atom is -0.444 e. The maximum absolute atomic E-state index is 12.3. The maximum atomic E-state index is 12.3. The van der Waals surface area contributed by atoms with Gasteiger partial charge >= 0.3 is 12.2 Å². The number of piperidine rings is 1. The quantitative estimate of drug-likeness (QED) is 0.589. The third kappa shape index (κ3) is 11.5. The monoisotopic (exact) mass is 428 g/mol. The number of hydrogen-bond donors (Lipinski definition) is 3. The zero-order valence-corrected chi connectivity index (χ0v) is 18.9. The third-order valence-corrected chi connectivity index (χ3v) is 4.01. The number of nitrogens with one attached hydrogen (secondary N) is 3. The summed E-state index contributed by atoms with van der Waals surface area (Å²) in [5.74, 6) is -0.352. The average Bonchev–Trinajstić information content (AvgIpc) is 2.57. The summed E-state index contributed by atoms with van der Waals surface area (Å²) in [5, 5.41) is 7.85. The largest absolute Gasteiger partial charge is 0.444 e. The molecular weight excluding hydrogens is 392 g/mol. The summed E-state index contributed by atoms with van der Waals surface area (Å²) in [5.41, 5.74) is -1.20. The van der Waals surface area contributed by atoms with Crippen molar-refractivity contribution in [3.63, 3.8) is 0 Å². The Hall–Kier alpha value is -2.52. The Balaban J connectivity index is 2.23. The fourth-order valence-corrected chi connectivity index (χ4v) is 2.76. The van der Waals surface area contributed by atoms with E-state index in [2.05, 4.69) is 16.0 Å². The first-order valence-electron chi connectivity index (χ1n) is 10.3. The number of ether oxygens (including phenoxy) is 2. The number of rotatable bonds is 6.